The monoisotopic (exact) mass is 229 g/mol. The molecule has 0 radical (unpaired) electrons. The van der Waals surface area contributed by atoms with E-state index < -0.39 is 0 Å². The SMILES string of the molecule is c1cc2c(cc1CNCCCC1CC1)CCC2. The van der Waals surface area contributed by atoms with Crippen LogP contribution in [0.15, 0.2) is 18.2 Å². The van der Waals surface area contributed by atoms with Crippen molar-refractivity contribution >= 4 is 0 Å². The molecule has 2 aliphatic rings. The minimum absolute atomic E-state index is 1.05. The Hall–Kier alpha value is -0.820. The lowest BCUT2D eigenvalue weighted by atomic mass is 10.1. The van der Waals surface area contributed by atoms with Gasteiger partial charge in [0.05, 0.1) is 0 Å². The van der Waals surface area contributed by atoms with Gasteiger partial charge in [0.15, 0.2) is 0 Å². The predicted octanol–water partition coefficient (Wildman–Crippen LogP) is 3.46. The van der Waals surface area contributed by atoms with Gasteiger partial charge in [-0.3, -0.25) is 0 Å². The van der Waals surface area contributed by atoms with E-state index in [9.17, 15) is 0 Å². The minimum atomic E-state index is 1.05. The maximum Gasteiger partial charge on any atom is 0.0205 e. The number of hydrogen-bond donors (Lipinski definition) is 1. The van der Waals surface area contributed by atoms with E-state index in [2.05, 4.69) is 23.5 Å². The van der Waals surface area contributed by atoms with Gasteiger partial charge in [0, 0.05) is 6.54 Å². The number of aryl methyl sites for hydroxylation is 2. The van der Waals surface area contributed by atoms with Crippen molar-refractivity contribution in [1.82, 2.24) is 5.32 Å². The highest BCUT2D eigenvalue weighted by Crippen LogP contribution is 2.33. The van der Waals surface area contributed by atoms with Crippen LogP contribution >= 0.6 is 0 Å². The lowest BCUT2D eigenvalue weighted by Crippen LogP contribution is -2.14. The topological polar surface area (TPSA) is 12.0 Å². The fourth-order valence-corrected chi connectivity index (χ4v) is 2.89. The van der Waals surface area contributed by atoms with E-state index >= 15 is 0 Å². The van der Waals surface area contributed by atoms with Crippen LogP contribution in [0.5, 0.6) is 0 Å². The van der Waals surface area contributed by atoms with Crippen molar-refractivity contribution < 1.29 is 0 Å². The van der Waals surface area contributed by atoms with Crippen LogP contribution in [-0.2, 0) is 19.4 Å². The number of hydrogen-bond acceptors (Lipinski definition) is 1. The summed E-state index contributed by atoms with van der Waals surface area (Å²) < 4.78 is 0. The van der Waals surface area contributed by atoms with Gasteiger partial charge in [0.2, 0.25) is 0 Å². The highest BCUT2D eigenvalue weighted by atomic mass is 14.8. The lowest BCUT2D eigenvalue weighted by Gasteiger charge is -2.07. The molecule has 1 N–H and O–H groups in total. The summed E-state index contributed by atoms with van der Waals surface area (Å²) in [5, 5.41) is 3.58. The summed E-state index contributed by atoms with van der Waals surface area (Å²) in [6.07, 6.45) is 9.73. The van der Waals surface area contributed by atoms with Gasteiger partial charge in [0.1, 0.15) is 0 Å². The lowest BCUT2D eigenvalue weighted by molar-refractivity contribution is 0.594. The summed E-state index contributed by atoms with van der Waals surface area (Å²) in [4.78, 5) is 0. The molecule has 3 rings (SSSR count). The van der Waals surface area contributed by atoms with E-state index in [0.717, 1.165) is 12.5 Å². The molecule has 0 unspecified atom stereocenters. The highest BCUT2D eigenvalue weighted by Gasteiger charge is 2.19. The van der Waals surface area contributed by atoms with Crippen LogP contribution in [0.25, 0.3) is 0 Å². The Kier molecular flexibility index (Phi) is 3.46. The van der Waals surface area contributed by atoms with Gasteiger partial charge in [-0.05, 0) is 61.3 Å². The maximum atomic E-state index is 3.58. The van der Waals surface area contributed by atoms with Crippen molar-refractivity contribution in [2.75, 3.05) is 6.54 Å². The largest absolute Gasteiger partial charge is 0.313 e. The molecule has 1 fully saturated rings. The van der Waals surface area contributed by atoms with E-state index in [1.165, 1.54) is 57.1 Å². The van der Waals surface area contributed by atoms with Gasteiger partial charge >= 0.3 is 0 Å². The van der Waals surface area contributed by atoms with Gasteiger partial charge in [-0.15, -0.1) is 0 Å². The van der Waals surface area contributed by atoms with Crippen molar-refractivity contribution in [3.05, 3.63) is 34.9 Å². The van der Waals surface area contributed by atoms with E-state index in [-0.39, 0.29) is 0 Å². The average molecular weight is 229 g/mol. The zero-order chi connectivity index (χ0) is 11.5. The molecule has 17 heavy (non-hydrogen) atoms. The number of rotatable bonds is 6. The molecular formula is C16H23N. The zero-order valence-corrected chi connectivity index (χ0v) is 10.7. The fourth-order valence-electron chi connectivity index (χ4n) is 2.89. The Labute approximate surface area is 105 Å². The van der Waals surface area contributed by atoms with Crippen LogP contribution in [-0.4, -0.2) is 6.54 Å². The molecule has 1 heteroatoms. The number of benzene rings is 1. The molecule has 0 bridgehead atoms. The fraction of sp³-hybridized carbons (Fsp3) is 0.625. The molecule has 0 atom stereocenters. The van der Waals surface area contributed by atoms with Crippen molar-refractivity contribution in [1.29, 1.82) is 0 Å². The predicted molar refractivity (Wildman–Crippen MR) is 72.1 cm³/mol. The Morgan fingerprint density at radius 2 is 2.00 bits per heavy atom. The van der Waals surface area contributed by atoms with Crippen molar-refractivity contribution in [2.24, 2.45) is 5.92 Å². The second kappa shape index (κ2) is 5.22. The van der Waals surface area contributed by atoms with E-state index in [4.69, 9.17) is 0 Å². The van der Waals surface area contributed by atoms with Gasteiger partial charge < -0.3 is 5.32 Å². The highest BCUT2D eigenvalue weighted by molar-refractivity contribution is 5.35. The third-order valence-electron chi connectivity index (χ3n) is 4.15. The Bertz CT molecular complexity index is 379. The molecule has 0 amide bonds. The van der Waals surface area contributed by atoms with Gasteiger partial charge in [-0.1, -0.05) is 31.0 Å². The summed E-state index contributed by atoms with van der Waals surface area (Å²) in [6.45, 7) is 2.24. The molecule has 0 spiro atoms. The first-order valence-electron chi connectivity index (χ1n) is 7.23. The molecule has 0 saturated heterocycles. The summed E-state index contributed by atoms with van der Waals surface area (Å²) >= 11 is 0. The summed E-state index contributed by atoms with van der Waals surface area (Å²) in [5.74, 6) is 1.08. The van der Waals surface area contributed by atoms with Crippen LogP contribution in [0.3, 0.4) is 0 Å². The number of nitrogens with one attached hydrogen (secondary N) is 1. The Balaban J connectivity index is 1.41. The first kappa shape index (κ1) is 11.3. The first-order chi connectivity index (χ1) is 8.42. The molecule has 1 nitrogen and oxygen atoms in total. The smallest absolute Gasteiger partial charge is 0.0205 e. The molecule has 0 aliphatic heterocycles. The minimum Gasteiger partial charge on any atom is -0.313 e. The maximum absolute atomic E-state index is 3.58. The summed E-state index contributed by atoms with van der Waals surface area (Å²) in [7, 11) is 0. The third kappa shape index (κ3) is 3.10. The van der Waals surface area contributed by atoms with Crippen LogP contribution in [0.1, 0.15) is 48.8 Å². The average Bonchev–Trinajstić information content (AvgIpc) is 3.05. The quantitative estimate of drug-likeness (QED) is 0.737. The van der Waals surface area contributed by atoms with E-state index in [1.54, 1.807) is 11.1 Å². The molecule has 2 aliphatic carbocycles. The molecule has 0 aromatic heterocycles. The molecule has 1 aromatic rings. The standard InChI is InChI=1S/C16H23N/c1-4-15-9-8-14(11-16(15)5-1)12-17-10-2-3-13-6-7-13/h8-9,11,13,17H,1-7,10,12H2. The van der Waals surface area contributed by atoms with Gasteiger partial charge in [-0.2, -0.15) is 0 Å². The molecule has 1 saturated carbocycles. The Morgan fingerprint density at radius 1 is 1.12 bits per heavy atom. The third-order valence-corrected chi connectivity index (χ3v) is 4.15. The van der Waals surface area contributed by atoms with Crippen LogP contribution < -0.4 is 5.32 Å². The second-order valence-corrected chi connectivity index (χ2v) is 5.72. The van der Waals surface area contributed by atoms with Gasteiger partial charge in [0.25, 0.3) is 0 Å². The van der Waals surface area contributed by atoms with Crippen LogP contribution in [0.2, 0.25) is 0 Å². The second-order valence-electron chi connectivity index (χ2n) is 5.72. The molecule has 92 valence electrons. The molecule has 1 aromatic carbocycles. The van der Waals surface area contributed by atoms with Crippen molar-refractivity contribution in [2.45, 2.75) is 51.5 Å². The first-order valence-corrected chi connectivity index (χ1v) is 7.23. The summed E-state index contributed by atoms with van der Waals surface area (Å²) in [5.41, 5.74) is 4.65. The number of fused-ring (bicyclic) bond motifs is 1. The Morgan fingerprint density at radius 3 is 2.88 bits per heavy atom. The molecular weight excluding hydrogens is 206 g/mol. The van der Waals surface area contributed by atoms with E-state index in [1.807, 2.05) is 0 Å². The normalized spacial score (nSPS) is 18.4. The van der Waals surface area contributed by atoms with Crippen LogP contribution in [0, 0.1) is 5.92 Å². The van der Waals surface area contributed by atoms with Crippen molar-refractivity contribution in [3.63, 3.8) is 0 Å². The zero-order valence-electron chi connectivity index (χ0n) is 10.7. The van der Waals surface area contributed by atoms with Crippen molar-refractivity contribution in [3.8, 4) is 0 Å². The van der Waals surface area contributed by atoms with E-state index in [0.29, 0.717) is 0 Å². The van der Waals surface area contributed by atoms with Gasteiger partial charge in [-0.25, -0.2) is 0 Å². The van der Waals surface area contributed by atoms with Crippen LogP contribution in [0.4, 0.5) is 0 Å². The summed E-state index contributed by atoms with van der Waals surface area (Å²) in [6, 6.07) is 7.05. The molecule has 0 heterocycles.